The normalized spacial score (nSPS) is 10.1. The first-order valence-electron chi connectivity index (χ1n) is 4.71. The number of carbonyl (C=O) groups is 1. The largest absolute Gasteiger partial charge is 0.484 e. The second-order valence-electron chi connectivity index (χ2n) is 3.14. The number of hydrogen-bond acceptors (Lipinski definition) is 3. The van der Waals surface area contributed by atoms with Crippen LogP contribution in [0.15, 0.2) is 40.8 Å². The maximum atomic E-state index is 10.4. The summed E-state index contributed by atoms with van der Waals surface area (Å²) in [6, 6.07) is 10.5. The number of furan rings is 1. The average Bonchev–Trinajstić information content (AvgIpc) is 2.76. The highest BCUT2D eigenvalue weighted by Crippen LogP contribution is 2.24. The Kier molecular flexibility index (Phi) is 3.27. The average molecular weight is 237 g/mol. The van der Waals surface area contributed by atoms with Crippen molar-refractivity contribution in [3.05, 3.63) is 52.9 Å². The van der Waals surface area contributed by atoms with Gasteiger partial charge in [-0.2, -0.15) is 0 Å². The fourth-order valence-corrected chi connectivity index (χ4v) is 1.44. The predicted molar refractivity (Wildman–Crippen MR) is 59.9 cm³/mol. The van der Waals surface area contributed by atoms with Gasteiger partial charge in [-0.1, -0.05) is 23.7 Å². The fraction of sp³-hybridized carbons (Fsp3) is 0.0833. The Bertz CT molecular complexity index is 491. The Labute approximate surface area is 97.6 Å². The topological polar surface area (TPSA) is 39.4 Å². The van der Waals surface area contributed by atoms with E-state index in [0.29, 0.717) is 22.8 Å². The Morgan fingerprint density at radius 2 is 2.06 bits per heavy atom. The minimum absolute atomic E-state index is 0.248. The van der Waals surface area contributed by atoms with Crippen LogP contribution < -0.4 is 4.74 Å². The monoisotopic (exact) mass is 236 g/mol. The fourth-order valence-electron chi connectivity index (χ4n) is 1.25. The molecule has 0 fully saturated rings. The molecule has 0 N–H and O–H groups in total. The first kappa shape index (κ1) is 10.8. The molecule has 3 nitrogen and oxygen atoms in total. The minimum Gasteiger partial charge on any atom is -0.484 e. The predicted octanol–water partition coefficient (Wildman–Crippen LogP) is 3.32. The van der Waals surface area contributed by atoms with E-state index < -0.39 is 0 Å². The number of halogens is 1. The maximum absolute atomic E-state index is 10.4. The van der Waals surface area contributed by atoms with Crippen molar-refractivity contribution in [3.63, 3.8) is 0 Å². The third kappa shape index (κ3) is 2.44. The summed E-state index contributed by atoms with van der Waals surface area (Å²) in [6.07, 6.45) is 0.652. The van der Waals surface area contributed by atoms with Crippen LogP contribution in [0.2, 0.25) is 5.02 Å². The SMILES string of the molecule is O=Cc1ccc(COc2ccccc2Cl)o1. The van der Waals surface area contributed by atoms with Crippen molar-refractivity contribution < 1.29 is 13.9 Å². The van der Waals surface area contributed by atoms with Crippen molar-refractivity contribution >= 4 is 17.9 Å². The molecule has 0 radical (unpaired) electrons. The molecular weight excluding hydrogens is 228 g/mol. The van der Waals surface area contributed by atoms with Crippen molar-refractivity contribution in [2.45, 2.75) is 6.61 Å². The molecule has 0 saturated carbocycles. The van der Waals surface area contributed by atoms with Crippen LogP contribution in [-0.2, 0) is 6.61 Å². The Balaban J connectivity index is 2.02. The second-order valence-corrected chi connectivity index (χ2v) is 3.55. The summed E-state index contributed by atoms with van der Waals surface area (Å²) < 4.78 is 10.6. The molecule has 1 heterocycles. The highest BCUT2D eigenvalue weighted by molar-refractivity contribution is 6.32. The van der Waals surface area contributed by atoms with Crippen LogP contribution >= 0.6 is 11.6 Å². The van der Waals surface area contributed by atoms with E-state index >= 15 is 0 Å². The van der Waals surface area contributed by atoms with Gasteiger partial charge in [0.1, 0.15) is 18.1 Å². The quantitative estimate of drug-likeness (QED) is 0.765. The van der Waals surface area contributed by atoms with E-state index in [2.05, 4.69) is 0 Å². The summed E-state index contributed by atoms with van der Waals surface area (Å²) in [7, 11) is 0. The van der Waals surface area contributed by atoms with Crippen LogP contribution in [0, 0.1) is 0 Å². The summed E-state index contributed by atoms with van der Waals surface area (Å²) >= 11 is 5.91. The lowest BCUT2D eigenvalue weighted by molar-refractivity contribution is 0.109. The van der Waals surface area contributed by atoms with Crippen LogP contribution in [0.3, 0.4) is 0 Å². The Morgan fingerprint density at radius 1 is 1.25 bits per heavy atom. The minimum atomic E-state index is 0.248. The number of ether oxygens (including phenoxy) is 1. The van der Waals surface area contributed by atoms with E-state index in [4.69, 9.17) is 20.8 Å². The van der Waals surface area contributed by atoms with Crippen LogP contribution in [0.25, 0.3) is 0 Å². The van der Waals surface area contributed by atoms with Crippen LogP contribution in [-0.4, -0.2) is 6.29 Å². The molecule has 16 heavy (non-hydrogen) atoms. The molecule has 1 aromatic heterocycles. The molecule has 4 heteroatoms. The van der Waals surface area contributed by atoms with Gasteiger partial charge in [0.25, 0.3) is 0 Å². The standard InChI is InChI=1S/C12H9ClO3/c13-11-3-1-2-4-12(11)15-8-10-6-5-9(7-14)16-10/h1-7H,8H2. The molecule has 1 aromatic carbocycles. The first-order valence-corrected chi connectivity index (χ1v) is 5.08. The molecular formula is C12H9ClO3. The van der Waals surface area contributed by atoms with Crippen molar-refractivity contribution in [2.75, 3.05) is 0 Å². The molecule has 82 valence electrons. The number of hydrogen-bond donors (Lipinski definition) is 0. The molecule has 0 aliphatic carbocycles. The summed E-state index contributed by atoms with van der Waals surface area (Å²) in [5, 5.41) is 0.546. The van der Waals surface area contributed by atoms with Gasteiger partial charge in [-0.3, -0.25) is 4.79 Å². The second kappa shape index (κ2) is 4.86. The van der Waals surface area contributed by atoms with E-state index in [0.717, 1.165) is 0 Å². The maximum Gasteiger partial charge on any atom is 0.185 e. The highest BCUT2D eigenvalue weighted by atomic mass is 35.5. The van der Waals surface area contributed by atoms with Crippen LogP contribution in [0.5, 0.6) is 5.75 Å². The van der Waals surface area contributed by atoms with Gasteiger partial charge in [-0.05, 0) is 24.3 Å². The van der Waals surface area contributed by atoms with Crippen molar-refractivity contribution in [1.82, 2.24) is 0 Å². The van der Waals surface area contributed by atoms with Gasteiger partial charge >= 0.3 is 0 Å². The third-order valence-electron chi connectivity index (χ3n) is 2.01. The summed E-state index contributed by atoms with van der Waals surface area (Å²) in [6.45, 7) is 0.248. The molecule has 0 atom stereocenters. The van der Waals surface area contributed by atoms with E-state index in [1.54, 1.807) is 24.3 Å². The van der Waals surface area contributed by atoms with Gasteiger partial charge in [0.15, 0.2) is 12.0 Å². The molecule has 0 saturated heterocycles. The van der Waals surface area contributed by atoms with Crippen LogP contribution in [0.4, 0.5) is 0 Å². The number of benzene rings is 1. The Hall–Kier alpha value is -1.74. The number of para-hydroxylation sites is 1. The summed E-state index contributed by atoms with van der Waals surface area (Å²) in [5.74, 6) is 1.47. The molecule has 0 aliphatic rings. The van der Waals surface area contributed by atoms with E-state index in [1.165, 1.54) is 0 Å². The van der Waals surface area contributed by atoms with Crippen molar-refractivity contribution in [2.24, 2.45) is 0 Å². The zero-order chi connectivity index (χ0) is 11.4. The highest BCUT2D eigenvalue weighted by Gasteiger charge is 2.04. The lowest BCUT2D eigenvalue weighted by Gasteiger charge is -2.05. The zero-order valence-corrected chi connectivity index (χ0v) is 9.11. The lowest BCUT2D eigenvalue weighted by atomic mass is 10.3. The van der Waals surface area contributed by atoms with Gasteiger partial charge < -0.3 is 9.15 Å². The van der Waals surface area contributed by atoms with Crippen molar-refractivity contribution in [1.29, 1.82) is 0 Å². The smallest absolute Gasteiger partial charge is 0.185 e. The van der Waals surface area contributed by atoms with Gasteiger partial charge in [0.2, 0.25) is 0 Å². The molecule has 0 unspecified atom stereocenters. The third-order valence-corrected chi connectivity index (χ3v) is 2.32. The lowest BCUT2D eigenvalue weighted by Crippen LogP contribution is -1.93. The van der Waals surface area contributed by atoms with Crippen molar-refractivity contribution in [3.8, 4) is 5.75 Å². The van der Waals surface area contributed by atoms with E-state index in [-0.39, 0.29) is 12.4 Å². The molecule has 0 bridgehead atoms. The van der Waals surface area contributed by atoms with Gasteiger partial charge in [0, 0.05) is 0 Å². The van der Waals surface area contributed by atoms with E-state index in [1.807, 2.05) is 12.1 Å². The first-order chi connectivity index (χ1) is 7.79. The number of aldehydes is 1. The molecule has 0 amide bonds. The van der Waals surface area contributed by atoms with Gasteiger partial charge in [0.05, 0.1) is 5.02 Å². The van der Waals surface area contributed by atoms with Gasteiger partial charge in [-0.25, -0.2) is 0 Å². The number of carbonyl (C=O) groups excluding carboxylic acids is 1. The summed E-state index contributed by atoms with van der Waals surface area (Å²) in [4.78, 5) is 10.4. The molecule has 2 aromatic rings. The Morgan fingerprint density at radius 3 is 2.75 bits per heavy atom. The summed E-state index contributed by atoms with van der Waals surface area (Å²) in [5.41, 5.74) is 0. The van der Waals surface area contributed by atoms with Crippen LogP contribution in [0.1, 0.15) is 16.3 Å². The molecule has 0 aliphatic heterocycles. The van der Waals surface area contributed by atoms with Gasteiger partial charge in [-0.15, -0.1) is 0 Å². The zero-order valence-electron chi connectivity index (χ0n) is 8.35. The van der Waals surface area contributed by atoms with E-state index in [9.17, 15) is 4.79 Å². The number of rotatable bonds is 4. The molecule has 2 rings (SSSR count). The molecule has 0 spiro atoms.